The van der Waals surface area contributed by atoms with Crippen LogP contribution in [0.4, 0.5) is 0 Å². The van der Waals surface area contributed by atoms with Gasteiger partial charge in [-0.1, -0.05) is 19.1 Å². The Morgan fingerprint density at radius 3 is 3.00 bits per heavy atom. The molecule has 0 spiro atoms. The molecule has 1 radical (unpaired) electrons. The van der Waals surface area contributed by atoms with Gasteiger partial charge >= 0.3 is 0 Å². The zero-order chi connectivity index (χ0) is 11.2. The second kappa shape index (κ2) is 5.71. The number of rotatable bonds is 6. The van der Waals surface area contributed by atoms with Crippen LogP contribution in [-0.4, -0.2) is 13.2 Å². The van der Waals surface area contributed by atoms with E-state index in [0.29, 0.717) is 0 Å². The van der Waals surface area contributed by atoms with E-state index in [1.54, 1.807) is 6.26 Å². The minimum absolute atomic E-state index is 0.760. The Hall–Kier alpha value is -1.28. The van der Waals surface area contributed by atoms with Crippen molar-refractivity contribution in [2.24, 2.45) is 0 Å². The first-order valence-corrected chi connectivity index (χ1v) is 5.74. The van der Waals surface area contributed by atoms with Gasteiger partial charge in [0.15, 0.2) is 0 Å². The van der Waals surface area contributed by atoms with Gasteiger partial charge in [-0.25, -0.2) is 0 Å². The van der Waals surface area contributed by atoms with Crippen LogP contribution >= 0.6 is 0 Å². The number of fused-ring (bicyclic) bond motifs is 1. The molecule has 0 aliphatic heterocycles. The largest absolute Gasteiger partial charge is 0.464 e. The van der Waals surface area contributed by atoms with E-state index < -0.39 is 0 Å². The van der Waals surface area contributed by atoms with E-state index in [1.807, 2.05) is 18.2 Å². The van der Waals surface area contributed by atoms with E-state index in [1.165, 1.54) is 10.9 Å². The molecule has 1 aromatic heterocycles. The van der Waals surface area contributed by atoms with Crippen molar-refractivity contribution in [2.45, 2.75) is 19.3 Å². The average Bonchev–Trinajstić information content (AvgIpc) is 2.77. The fourth-order valence-corrected chi connectivity index (χ4v) is 1.84. The summed E-state index contributed by atoms with van der Waals surface area (Å²) in [6.45, 7) is 5.31. The summed E-state index contributed by atoms with van der Waals surface area (Å²) in [5.74, 6) is 0. The lowest BCUT2D eigenvalue weighted by Crippen LogP contribution is -1.97. The Bertz CT molecular complexity index is 431. The molecule has 2 aromatic rings. The molecule has 0 saturated carbocycles. The van der Waals surface area contributed by atoms with Crippen molar-refractivity contribution < 1.29 is 9.15 Å². The van der Waals surface area contributed by atoms with Crippen molar-refractivity contribution in [2.75, 3.05) is 13.2 Å². The molecule has 0 unspecified atom stereocenters. The molecule has 0 fully saturated rings. The highest BCUT2D eigenvalue weighted by Crippen LogP contribution is 2.20. The first kappa shape index (κ1) is 11.2. The topological polar surface area (TPSA) is 22.4 Å². The standard InChI is InChI=1S/C14H17O2/c1-2-9-15-10-4-6-12-5-3-7-14-13(12)8-11-16-14/h3,5,7-8,11H,1-2,4,6,9-10H2. The molecule has 0 amide bonds. The lowest BCUT2D eigenvalue weighted by atomic mass is 10.1. The second-order valence-electron chi connectivity index (χ2n) is 3.82. The summed E-state index contributed by atoms with van der Waals surface area (Å²) in [6, 6.07) is 8.22. The van der Waals surface area contributed by atoms with Crippen LogP contribution in [0.1, 0.15) is 18.4 Å². The van der Waals surface area contributed by atoms with Gasteiger partial charge in [0.1, 0.15) is 5.58 Å². The molecule has 0 aliphatic rings. The van der Waals surface area contributed by atoms with E-state index >= 15 is 0 Å². The first-order chi connectivity index (χ1) is 7.92. The van der Waals surface area contributed by atoms with Crippen molar-refractivity contribution in [1.29, 1.82) is 0 Å². The smallest absolute Gasteiger partial charge is 0.134 e. The molecule has 0 bridgehead atoms. The Kier molecular flexibility index (Phi) is 4.00. The van der Waals surface area contributed by atoms with Gasteiger partial charge in [-0.05, 0) is 37.0 Å². The molecule has 0 saturated heterocycles. The van der Waals surface area contributed by atoms with E-state index in [0.717, 1.165) is 38.1 Å². The Labute approximate surface area is 96.2 Å². The van der Waals surface area contributed by atoms with Crippen LogP contribution in [-0.2, 0) is 11.2 Å². The van der Waals surface area contributed by atoms with E-state index in [9.17, 15) is 0 Å². The minimum atomic E-state index is 0.760. The third-order valence-electron chi connectivity index (χ3n) is 2.61. The molecule has 1 aromatic carbocycles. The molecule has 0 aliphatic carbocycles. The maximum Gasteiger partial charge on any atom is 0.134 e. The Morgan fingerprint density at radius 1 is 1.19 bits per heavy atom. The van der Waals surface area contributed by atoms with Gasteiger partial charge in [0.2, 0.25) is 0 Å². The van der Waals surface area contributed by atoms with Gasteiger partial charge in [-0.15, -0.1) is 0 Å². The van der Waals surface area contributed by atoms with Crippen molar-refractivity contribution in [3.8, 4) is 0 Å². The highest BCUT2D eigenvalue weighted by molar-refractivity contribution is 5.80. The Morgan fingerprint density at radius 2 is 2.12 bits per heavy atom. The molecule has 85 valence electrons. The van der Waals surface area contributed by atoms with Crippen LogP contribution in [0.25, 0.3) is 11.0 Å². The third kappa shape index (κ3) is 2.64. The van der Waals surface area contributed by atoms with E-state index in [-0.39, 0.29) is 0 Å². The third-order valence-corrected chi connectivity index (χ3v) is 2.61. The zero-order valence-corrected chi connectivity index (χ0v) is 9.45. The molecule has 2 rings (SSSR count). The first-order valence-electron chi connectivity index (χ1n) is 5.74. The number of hydrogen-bond donors (Lipinski definition) is 0. The normalized spacial score (nSPS) is 11.1. The van der Waals surface area contributed by atoms with Gasteiger partial charge in [-0.3, -0.25) is 0 Å². The van der Waals surface area contributed by atoms with Crippen molar-refractivity contribution in [3.63, 3.8) is 0 Å². The van der Waals surface area contributed by atoms with Crippen LogP contribution < -0.4 is 0 Å². The van der Waals surface area contributed by atoms with Crippen LogP contribution in [0.15, 0.2) is 34.9 Å². The van der Waals surface area contributed by atoms with Gasteiger partial charge in [0, 0.05) is 18.6 Å². The highest BCUT2D eigenvalue weighted by atomic mass is 16.5. The second-order valence-corrected chi connectivity index (χ2v) is 3.82. The molecule has 1 heterocycles. The number of benzene rings is 1. The average molecular weight is 217 g/mol. The lowest BCUT2D eigenvalue weighted by Gasteiger charge is -2.03. The number of furan rings is 1. The highest BCUT2D eigenvalue weighted by Gasteiger charge is 2.02. The Balaban J connectivity index is 1.91. The molecule has 16 heavy (non-hydrogen) atoms. The summed E-state index contributed by atoms with van der Waals surface area (Å²) in [4.78, 5) is 0. The number of ether oxygens (including phenoxy) is 1. The molecule has 0 N–H and O–H groups in total. The van der Waals surface area contributed by atoms with Gasteiger partial charge in [0.25, 0.3) is 0 Å². The maximum absolute atomic E-state index is 5.41. The summed E-state index contributed by atoms with van der Waals surface area (Å²) in [5, 5.41) is 1.22. The summed E-state index contributed by atoms with van der Waals surface area (Å²) < 4.78 is 10.8. The molecular weight excluding hydrogens is 200 g/mol. The monoisotopic (exact) mass is 217 g/mol. The molecule has 2 heteroatoms. The van der Waals surface area contributed by atoms with Crippen LogP contribution in [0.3, 0.4) is 0 Å². The lowest BCUT2D eigenvalue weighted by molar-refractivity contribution is 0.136. The fraction of sp³-hybridized carbons (Fsp3) is 0.357. The van der Waals surface area contributed by atoms with Gasteiger partial charge in [-0.2, -0.15) is 0 Å². The van der Waals surface area contributed by atoms with Gasteiger partial charge < -0.3 is 9.15 Å². The van der Waals surface area contributed by atoms with Crippen molar-refractivity contribution >= 4 is 11.0 Å². The summed E-state index contributed by atoms with van der Waals surface area (Å²) in [7, 11) is 0. The summed E-state index contributed by atoms with van der Waals surface area (Å²) in [6.07, 6.45) is 4.67. The number of hydrogen-bond acceptors (Lipinski definition) is 2. The zero-order valence-electron chi connectivity index (χ0n) is 9.45. The predicted octanol–water partition coefficient (Wildman–Crippen LogP) is 3.61. The molecular formula is C14H17O2. The van der Waals surface area contributed by atoms with Crippen LogP contribution in [0, 0.1) is 6.92 Å². The molecule has 0 atom stereocenters. The van der Waals surface area contributed by atoms with Crippen molar-refractivity contribution in [3.05, 3.63) is 43.0 Å². The predicted molar refractivity (Wildman–Crippen MR) is 65.3 cm³/mol. The van der Waals surface area contributed by atoms with Crippen LogP contribution in [0.2, 0.25) is 0 Å². The van der Waals surface area contributed by atoms with E-state index in [4.69, 9.17) is 9.15 Å². The van der Waals surface area contributed by atoms with Gasteiger partial charge in [0.05, 0.1) is 6.26 Å². The van der Waals surface area contributed by atoms with E-state index in [2.05, 4.69) is 13.0 Å². The van der Waals surface area contributed by atoms with Crippen molar-refractivity contribution in [1.82, 2.24) is 0 Å². The maximum atomic E-state index is 5.41. The molecule has 2 nitrogen and oxygen atoms in total. The minimum Gasteiger partial charge on any atom is -0.464 e. The fourth-order valence-electron chi connectivity index (χ4n) is 1.84. The summed E-state index contributed by atoms with van der Waals surface area (Å²) >= 11 is 0. The quantitative estimate of drug-likeness (QED) is 0.690. The number of aryl methyl sites for hydroxylation is 1. The van der Waals surface area contributed by atoms with Crippen LogP contribution in [0.5, 0.6) is 0 Å². The SMILES string of the molecule is [CH2]CCOCCCc1cccc2occc12. The summed E-state index contributed by atoms with van der Waals surface area (Å²) in [5.41, 5.74) is 2.31.